The Labute approximate surface area is 89.0 Å². The molecule has 6 N–H and O–H groups in total. The summed E-state index contributed by atoms with van der Waals surface area (Å²) in [5.74, 6) is -1.20. The standard InChI is InChI=1S/C9H19N3O3/c1-3-5(2)7(10)9(15)12-4-6(13)8(11)14/h5-7,13H,3-4,10H2,1-2H3,(H2,11,14)(H,12,15)/t5?,6?,7-/m0/s1. The number of primary amides is 1. The van der Waals surface area contributed by atoms with Gasteiger partial charge in [0.05, 0.1) is 12.6 Å². The summed E-state index contributed by atoms with van der Waals surface area (Å²) in [7, 11) is 0. The third-order valence-corrected chi connectivity index (χ3v) is 2.36. The van der Waals surface area contributed by atoms with Crippen LogP contribution in [0.4, 0.5) is 0 Å². The molecule has 6 nitrogen and oxygen atoms in total. The number of carbonyl (C=O) groups is 2. The molecule has 0 aliphatic rings. The zero-order valence-corrected chi connectivity index (χ0v) is 9.06. The summed E-state index contributed by atoms with van der Waals surface area (Å²) in [6.07, 6.45) is -0.578. The highest BCUT2D eigenvalue weighted by molar-refractivity contribution is 5.83. The van der Waals surface area contributed by atoms with Crippen LogP contribution in [0.25, 0.3) is 0 Å². The molecule has 2 unspecified atom stereocenters. The monoisotopic (exact) mass is 217 g/mol. The van der Waals surface area contributed by atoms with Gasteiger partial charge in [-0.3, -0.25) is 9.59 Å². The smallest absolute Gasteiger partial charge is 0.248 e. The molecule has 0 spiro atoms. The maximum Gasteiger partial charge on any atom is 0.248 e. The second kappa shape index (κ2) is 6.36. The van der Waals surface area contributed by atoms with Crippen LogP contribution in [-0.2, 0) is 9.59 Å². The number of carbonyl (C=O) groups excluding carboxylic acids is 2. The largest absolute Gasteiger partial charge is 0.381 e. The quantitative estimate of drug-likeness (QED) is 0.425. The van der Waals surface area contributed by atoms with Crippen LogP contribution in [0.2, 0.25) is 0 Å². The Bertz CT molecular complexity index is 233. The van der Waals surface area contributed by atoms with E-state index in [1.165, 1.54) is 0 Å². The Morgan fingerprint density at radius 2 is 2.00 bits per heavy atom. The van der Waals surface area contributed by atoms with Gasteiger partial charge in [-0.1, -0.05) is 20.3 Å². The van der Waals surface area contributed by atoms with Gasteiger partial charge < -0.3 is 21.9 Å². The van der Waals surface area contributed by atoms with Crippen molar-refractivity contribution >= 4 is 11.8 Å². The number of nitrogens with two attached hydrogens (primary N) is 2. The molecule has 0 rings (SSSR count). The van der Waals surface area contributed by atoms with Crippen LogP contribution in [0.15, 0.2) is 0 Å². The minimum atomic E-state index is -1.36. The molecule has 88 valence electrons. The highest BCUT2D eigenvalue weighted by Gasteiger charge is 2.20. The van der Waals surface area contributed by atoms with Crippen LogP contribution < -0.4 is 16.8 Å². The second-order valence-corrected chi connectivity index (χ2v) is 3.57. The SMILES string of the molecule is CCC(C)[C@H](N)C(=O)NCC(O)C(N)=O. The van der Waals surface area contributed by atoms with Gasteiger partial charge in [-0.15, -0.1) is 0 Å². The van der Waals surface area contributed by atoms with Gasteiger partial charge in [0, 0.05) is 0 Å². The van der Waals surface area contributed by atoms with Crippen molar-refractivity contribution in [3.63, 3.8) is 0 Å². The summed E-state index contributed by atoms with van der Waals surface area (Å²) in [6.45, 7) is 3.59. The van der Waals surface area contributed by atoms with Crippen molar-refractivity contribution in [2.24, 2.45) is 17.4 Å². The lowest BCUT2D eigenvalue weighted by Crippen LogP contribution is -2.48. The number of hydrogen-bond acceptors (Lipinski definition) is 4. The van der Waals surface area contributed by atoms with E-state index in [9.17, 15) is 9.59 Å². The molecule has 0 aromatic heterocycles. The number of hydrogen-bond donors (Lipinski definition) is 4. The van der Waals surface area contributed by atoms with Gasteiger partial charge in [-0.25, -0.2) is 0 Å². The molecule has 2 amide bonds. The predicted molar refractivity (Wildman–Crippen MR) is 55.6 cm³/mol. The van der Waals surface area contributed by atoms with Gasteiger partial charge in [0.15, 0.2) is 0 Å². The predicted octanol–water partition coefficient (Wildman–Crippen LogP) is -1.68. The van der Waals surface area contributed by atoms with Crippen molar-refractivity contribution in [3.8, 4) is 0 Å². The zero-order valence-electron chi connectivity index (χ0n) is 9.06. The Hall–Kier alpha value is -1.14. The van der Waals surface area contributed by atoms with Crippen molar-refractivity contribution in [1.29, 1.82) is 0 Å². The average molecular weight is 217 g/mol. The summed E-state index contributed by atoms with van der Waals surface area (Å²) < 4.78 is 0. The summed E-state index contributed by atoms with van der Waals surface area (Å²) in [5, 5.41) is 11.4. The number of rotatable bonds is 6. The Morgan fingerprint density at radius 1 is 1.47 bits per heavy atom. The van der Waals surface area contributed by atoms with Crippen molar-refractivity contribution in [1.82, 2.24) is 5.32 Å². The van der Waals surface area contributed by atoms with Crippen LogP contribution in [0.1, 0.15) is 20.3 Å². The minimum Gasteiger partial charge on any atom is -0.381 e. The number of amides is 2. The summed E-state index contributed by atoms with van der Waals surface area (Å²) in [6, 6.07) is -0.630. The molecule has 0 fully saturated rings. The zero-order chi connectivity index (χ0) is 12.0. The third kappa shape index (κ3) is 4.75. The van der Waals surface area contributed by atoms with Gasteiger partial charge >= 0.3 is 0 Å². The lowest BCUT2D eigenvalue weighted by molar-refractivity contribution is -0.127. The summed E-state index contributed by atoms with van der Waals surface area (Å²) in [4.78, 5) is 21.8. The summed E-state index contributed by atoms with van der Waals surface area (Å²) >= 11 is 0. The molecule has 0 aliphatic heterocycles. The van der Waals surface area contributed by atoms with E-state index < -0.39 is 18.1 Å². The molecular weight excluding hydrogens is 198 g/mol. The topological polar surface area (TPSA) is 118 Å². The number of aliphatic hydroxyl groups is 1. The van der Waals surface area contributed by atoms with Gasteiger partial charge in [0.1, 0.15) is 6.10 Å². The first kappa shape index (κ1) is 13.9. The first-order valence-electron chi connectivity index (χ1n) is 4.90. The van der Waals surface area contributed by atoms with E-state index in [1.54, 1.807) is 0 Å². The molecule has 0 aliphatic carbocycles. The van der Waals surface area contributed by atoms with Crippen LogP contribution in [0.3, 0.4) is 0 Å². The van der Waals surface area contributed by atoms with E-state index in [1.807, 2.05) is 13.8 Å². The fraction of sp³-hybridized carbons (Fsp3) is 0.778. The van der Waals surface area contributed by atoms with E-state index >= 15 is 0 Å². The average Bonchev–Trinajstić information content (AvgIpc) is 2.22. The maximum absolute atomic E-state index is 11.4. The lowest BCUT2D eigenvalue weighted by Gasteiger charge is -2.18. The van der Waals surface area contributed by atoms with Crippen molar-refractivity contribution < 1.29 is 14.7 Å². The van der Waals surface area contributed by atoms with E-state index in [-0.39, 0.29) is 18.4 Å². The molecule has 0 bridgehead atoms. The van der Waals surface area contributed by atoms with Crippen LogP contribution in [0, 0.1) is 5.92 Å². The van der Waals surface area contributed by atoms with Crippen LogP contribution in [0.5, 0.6) is 0 Å². The summed E-state index contributed by atoms with van der Waals surface area (Å²) in [5.41, 5.74) is 10.4. The maximum atomic E-state index is 11.4. The van der Waals surface area contributed by atoms with E-state index in [2.05, 4.69) is 5.32 Å². The first-order valence-corrected chi connectivity index (χ1v) is 4.90. The molecule has 0 aromatic carbocycles. The van der Waals surface area contributed by atoms with Crippen molar-refractivity contribution in [2.75, 3.05) is 6.54 Å². The first-order chi connectivity index (χ1) is 6.90. The number of nitrogens with one attached hydrogen (secondary N) is 1. The highest BCUT2D eigenvalue weighted by Crippen LogP contribution is 2.04. The molecule has 6 heteroatoms. The molecule has 3 atom stereocenters. The van der Waals surface area contributed by atoms with Gasteiger partial charge in [0.2, 0.25) is 11.8 Å². The fourth-order valence-electron chi connectivity index (χ4n) is 0.928. The molecule has 0 aromatic rings. The molecular formula is C9H19N3O3. The third-order valence-electron chi connectivity index (χ3n) is 2.36. The van der Waals surface area contributed by atoms with Crippen molar-refractivity contribution in [2.45, 2.75) is 32.4 Å². The Kier molecular flexibility index (Phi) is 5.88. The molecule has 0 radical (unpaired) electrons. The highest BCUT2D eigenvalue weighted by atomic mass is 16.3. The van der Waals surface area contributed by atoms with E-state index in [4.69, 9.17) is 16.6 Å². The van der Waals surface area contributed by atoms with E-state index in [0.29, 0.717) is 0 Å². The van der Waals surface area contributed by atoms with Crippen LogP contribution >= 0.6 is 0 Å². The lowest BCUT2D eigenvalue weighted by atomic mass is 9.99. The molecule has 0 saturated carbocycles. The normalized spacial score (nSPS) is 16.5. The number of aliphatic hydroxyl groups excluding tert-OH is 1. The molecule has 0 heterocycles. The molecule has 15 heavy (non-hydrogen) atoms. The van der Waals surface area contributed by atoms with Gasteiger partial charge in [-0.05, 0) is 5.92 Å². The Morgan fingerprint density at radius 3 is 2.40 bits per heavy atom. The second-order valence-electron chi connectivity index (χ2n) is 3.57. The molecule has 0 saturated heterocycles. The van der Waals surface area contributed by atoms with Crippen molar-refractivity contribution in [3.05, 3.63) is 0 Å². The van der Waals surface area contributed by atoms with Gasteiger partial charge in [0.25, 0.3) is 0 Å². The fourth-order valence-corrected chi connectivity index (χ4v) is 0.928. The minimum absolute atomic E-state index is 0.0516. The van der Waals surface area contributed by atoms with E-state index in [0.717, 1.165) is 6.42 Å². The van der Waals surface area contributed by atoms with Gasteiger partial charge in [-0.2, -0.15) is 0 Å². The Balaban J connectivity index is 3.98. The van der Waals surface area contributed by atoms with Crippen LogP contribution in [-0.4, -0.2) is 35.6 Å².